The van der Waals surface area contributed by atoms with E-state index in [0.717, 1.165) is 17.9 Å². The number of H-pyrrole nitrogens is 1. The van der Waals surface area contributed by atoms with Crippen molar-refractivity contribution >= 4 is 0 Å². The molecule has 1 aromatic carbocycles. The number of aromatic amines is 1. The van der Waals surface area contributed by atoms with Gasteiger partial charge in [0.25, 0.3) is 0 Å². The highest BCUT2D eigenvalue weighted by molar-refractivity contribution is 5.54. The standard InChI is InChI=1S/C12H16N4/c1-9(2)3-4-10-5-7-11(8-6-10)12-13-15-16-14-12/h5-9H,3-4H2,1-2H3,(H,13,14,15,16). The van der Waals surface area contributed by atoms with Crippen molar-refractivity contribution in [3.63, 3.8) is 0 Å². The van der Waals surface area contributed by atoms with Crippen LogP contribution in [0.1, 0.15) is 25.8 Å². The van der Waals surface area contributed by atoms with E-state index in [-0.39, 0.29) is 0 Å². The van der Waals surface area contributed by atoms with Gasteiger partial charge < -0.3 is 0 Å². The molecule has 1 N–H and O–H groups in total. The van der Waals surface area contributed by atoms with E-state index in [1.807, 2.05) is 12.1 Å². The predicted octanol–water partition coefficient (Wildman–Crippen LogP) is 2.46. The number of tetrazole rings is 1. The minimum atomic E-state index is 0.649. The number of nitrogens with zero attached hydrogens (tertiary/aromatic N) is 3. The summed E-state index contributed by atoms with van der Waals surface area (Å²) in [5.41, 5.74) is 2.36. The second kappa shape index (κ2) is 4.88. The molecule has 0 radical (unpaired) electrons. The Morgan fingerprint density at radius 2 is 1.94 bits per heavy atom. The maximum Gasteiger partial charge on any atom is 0.204 e. The number of hydrogen-bond acceptors (Lipinski definition) is 3. The Morgan fingerprint density at radius 1 is 1.19 bits per heavy atom. The summed E-state index contributed by atoms with van der Waals surface area (Å²) in [5, 5.41) is 13.9. The van der Waals surface area contributed by atoms with Crippen LogP contribution in [-0.4, -0.2) is 20.6 Å². The number of aromatic nitrogens is 4. The van der Waals surface area contributed by atoms with E-state index in [4.69, 9.17) is 0 Å². The van der Waals surface area contributed by atoms with Gasteiger partial charge in [-0.05, 0) is 29.5 Å². The Kier molecular flexibility index (Phi) is 3.29. The number of aryl methyl sites for hydroxylation is 1. The average molecular weight is 216 g/mol. The molecule has 0 bridgehead atoms. The first-order valence-corrected chi connectivity index (χ1v) is 5.58. The van der Waals surface area contributed by atoms with Crippen molar-refractivity contribution in [1.29, 1.82) is 0 Å². The first-order valence-electron chi connectivity index (χ1n) is 5.58. The fraction of sp³-hybridized carbons (Fsp3) is 0.417. The maximum atomic E-state index is 3.94. The molecular formula is C12H16N4. The van der Waals surface area contributed by atoms with Crippen molar-refractivity contribution in [2.45, 2.75) is 26.7 Å². The third kappa shape index (κ3) is 2.66. The zero-order chi connectivity index (χ0) is 11.4. The molecule has 4 nitrogen and oxygen atoms in total. The lowest BCUT2D eigenvalue weighted by Gasteiger charge is -2.04. The van der Waals surface area contributed by atoms with Gasteiger partial charge in [0.1, 0.15) is 0 Å². The monoisotopic (exact) mass is 216 g/mol. The van der Waals surface area contributed by atoms with Crippen molar-refractivity contribution in [1.82, 2.24) is 20.6 Å². The normalized spacial score (nSPS) is 10.9. The molecule has 2 aromatic rings. The van der Waals surface area contributed by atoms with Crippen LogP contribution in [-0.2, 0) is 6.42 Å². The highest BCUT2D eigenvalue weighted by Crippen LogP contribution is 2.15. The van der Waals surface area contributed by atoms with Gasteiger partial charge in [-0.3, -0.25) is 0 Å². The molecular weight excluding hydrogens is 200 g/mol. The van der Waals surface area contributed by atoms with Crippen LogP contribution in [0, 0.1) is 5.92 Å². The summed E-state index contributed by atoms with van der Waals surface area (Å²) in [6.45, 7) is 4.49. The number of nitrogens with one attached hydrogen (secondary N) is 1. The van der Waals surface area contributed by atoms with Crippen LogP contribution in [0.3, 0.4) is 0 Å². The molecule has 16 heavy (non-hydrogen) atoms. The van der Waals surface area contributed by atoms with Crippen LogP contribution in [0.4, 0.5) is 0 Å². The van der Waals surface area contributed by atoms with E-state index in [1.165, 1.54) is 12.0 Å². The Labute approximate surface area is 95.1 Å². The van der Waals surface area contributed by atoms with Crippen molar-refractivity contribution in [2.24, 2.45) is 5.92 Å². The topological polar surface area (TPSA) is 54.5 Å². The summed E-state index contributed by atoms with van der Waals surface area (Å²) in [7, 11) is 0. The molecule has 0 spiro atoms. The lowest BCUT2D eigenvalue weighted by atomic mass is 10.0. The van der Waals surface area contributed by atoms with E-state index >= 15 is 0 Å². The SMILES string of the molecule is CC(C)CCc1ccc(-c2nn[nH]n2)cc1. The summed E-state index contributed by atoms with van der Waals surface area (Å²) in [5.74, 6) is 1.40. The molecule has 4 heteroatoms. The lowest BCUT2D eigenvalue weighted by Crippen LogP contribution is -1.92. The molecule has 1 heterocycles. The van der Waals surface area contributed by atoms with Crippen LogP contribution in [0.15, 0.2) is 24.3 Å². The minimum absolute atomic E-state index is 0.649. The van der Waals surface area contributed by atoms with Crippen molar-refractivity contribution in [3.05, 3.63) is 29.8 Å². The van der Waals surface area contributed by atoms with Gasteiger partial charge in [0, 0.05) is 5.56 Å². The summed E-state index contributed by atoms with van der Waals surface area (Å²) in [6, 6.07) is 8.35. The molecule has 1 aromatic heterocycles. The Hall–Kier alpha value is -1.71. The van der Waals surface area contributed by atoms with Gasteiger partial charge in [0.05, 0.1) is 0 Å². The smallest absolute Gasteiger partial charge is 0.177 e. The molecule has 0 fully saturated rings. The Balaban J connectivity index is 2.05. The zero-order valence-corrected chi connectivity index (χ0v) is 9.64. The van der Waals surface area contributed by atoms with E-state index in [0.29, 0.717) is 5.82 Å². The summed E-state index contributed by atoms with van der Waals surface area (Å²) < 4.78 is 0. The summed E-state index contributed by atoms with van der Waals surface area (Å²) in [4.78, 5) is 0. The summed E-state index contributed by atoms with van der Waals surface area (Å²) in [6.07, 6.45) is 2.35. The minimum Gasteiger partial charge on any atom is -0.177 e. The average Bonchev–Trinajstić information content (AvgIpc) is 2.80. The zero-order valence-electron chi connectivity index (χ0n) is 9.64. The third-order valence-corrected chi connectivity index (χ3v) is 2.57. The highest BCUT2D eigenvalue weighted by Gasteiger charge is 2.02. The van der Waals surface area contributed by atoms with Crippen LogP contribution >= 0.6 is 0 Å². The molecule has 0 saturated heterocycles. The molecule has 0 unspecified atom stereocenters. The largest absolute Gasteiger partial charge is 0.204 e. The number of benzene rings is 1. The van der Waals surface area contributed by atoms with E-state index < -0.39 is 0 Å². The van der Waals surface area contributed by atoms with Gasteiger partial charge in [-0.15, -0.1) is 10.2 Å². The fourth-order valence-electron chi connectivity index (χ4n) is 1.56. The Morgan fingerprint density at radius 3 is 2.50 bits per heavy atom. The van der Waals surface area contributed by atoms with Gasteiger partial charge in [-0.2, -0.15) is 5.21 Å². The molecule has 0 aliphatic carbocycles. The van der Waals surface area contributed by atoms with Crippen molar-refractivity contribution in [2.75, 3.05) is 0 Å². The van der Waals surface area contributed by atoms with E-state index in [9.17, 15) is 0 Å². The first kappa shape index (κ1) is 10.8. The predicted molar refractivity (Wildman–Crippen MR) is 62.8 cm³/mol. The van der Waals surface area contributed by atoms with Crippen molar-refractivity contribution < 1.29 is 0 Å². The molecule has 2 rings (SSSR count). The summed E-state index contributed by atoms with van der Waals surface area (Å²) >= 11 is 0. The molecule has 0 aliphatic heterocycles. The second-order valence-corrected chi connectivity index (χ2v) is 4.36. The Bertz CT molecular complexity index is 417. The first-order chi connectivity index (χ1) is 7.75. The second-order valence-electron chi connectivity index (χ2n) is 4.36. The van der Waals surface area contributed by atoms with E-state index in [1.54, 1.807) is 0 Å². The fourth-order valence-corrected chi connectivity index (χ4v) is 1.56. The van der Waals surface area contributed by atoms with E-state index in [2.05, 4.69) is 46.6 Å². The van der Waals surface area contributed by atoms with Crippen LogP contribution in [0.2, 0.25) is 0 Å². The maximum absolute atomic E-state index is 3.94. The van der Waals surface area contributed by atoms with Crippen LogP contribution < -0.4 is 0 Å². The quantitative estimate of drug-likeness (QED) is 0.854. The van der Waals surface area contributed by atoms with Crippen LogP contribution in [0.5, 0.6) is 0 Å². The molecule has 0 atom stereocenters. The third-order valence-electron chi connectivity index (χ3n) is 2.57. The number of rotatable bonds is 4. The van der Waals surface area contributed by atoms with Crippen LogP contribution in [0.25, 0.3) is 11.4 Å². The van der Waals surface area contributed by atoms with Gasteiger partial charge in [-0.1, -0.05) is 38.1 Å². The van der Waals surface area contributed by atoms with Gasteiger partial charge >= 0.3 is 0 Å². The molecule has 0 saturated carbocycles. The molecule has 84 valence electrons. The highest BCUT2D eigenvalue weighted by atomic mass is 15.5. The molecule has 0 aliphatic rings. The lowest BCUT2D eigenvalue weighted by molar-refractivity contribution is 0.587. The van der Waals surface area contributed by atoms with Gasteiger partial charge in [0.15, 0.2) is 0 Å². The van der Waals surface area contributed by atoms with Crippen molar-refractivity contribution in [3.8, 4) is 11.4 Å². The molecule has 0 amide bonds. The van der Waals surface area contributed by atoms with Gasteiger partial charge in [-0.25, -0.2) is 0 Å². The van der Waals surface area contributed by atoms with Gasteiger partial charge in [0.2, 0.25) is 5.82 Å². The number of hydrogen-bond donors (Lipinski definition) is 1.